The van der Waals surface area contributed by atoms with Crippen LogP contribution < -0.4 is 0 Å². The predicted molar refractivity (Wildman–Crippen MR) is 69.1 cm³/mol. The molecule has 0 aliphatic heterocycles. The van der Waals surface area contributed by atoms with Gasteiger partial charge in [0, 0.05) is 28.1 Å². The minimum atomic E-state index is -0.295. The molecule has 0 bridgehead atoms. The van der Waals surface area contributed by atoms with Crippen LogP contribution in [0.5, 0.6) is 0 Å². The summed E-state index contributed by atoms with van der Waals surface area (Å²) in [5.41, 5.74) is 2.85. The van der Waals surface area contributed by atoms with Gasteiger partial charge in [-0.3, -0.25) is 5.10 Å². The van der Waals surface area contributed by atoms with Crippen LogP contribution >= 0.6 is 0 Å². The van der Waals surface area contributed by atoms with Crippen molar-refractivity contribution in [3.05, 3.63) is 48.7 Å². The van der Waals surface area contributed by atoms with E-state index in [4.69, 9.17) is 4.42 Å². The highest BCUT2D eigenvalue weighted by molar-refractivity contribution is 5.94. The normalized spacial score (nSPS) is 11.4. The molecule has 0 atom stereocenters. The van der Waals surface area contributed by atoms with Gasteiger partial charge in [-0.1, -0.05) is 0 Å². The molecule has 0 saturated heterocycles. The maximum atomic E-state index is 13.6. The van der Waals surface area contributed by atoms with Crippen molar-refractivity contribution in [1.29, 1.82) is 0 Å². The minimum absolute atomic E-state index is 0.295. The summed E-state index contributed by atoms with van der Waals surface area (Å²) in [6.45, 7) is 0. The molecule has 0 saturated carbocycles. The molecule has 0 aliphatic carbocycles. The van der Waals surface area contributed by atoms with Gasteiger partial charge >= 0.3 is 0 Å². The molecule has 4 aromatic rings. The van der Waals surface area contributed by atoms with Gasteiger partial charge in [0.15, 0.2) is 5.65 Å². The lowest BCUT2D eigenvalue weighted by Gasteiger charge is -2.03. The third-order valence-corrected chi connectivity index (χ3v) is 3.12. The van der Waals surface area contributed by atoms with Crippen LogP contribution in [0.2, 0.25) is 0 Å². The number of benzene rings is 1. The van der Waals surface area contributed by atoms with E-state index in [2.05, 4.69) is 15.2 Å². The smallest absolute Gasteiger partial charge is 0.155 e. The monoisotopic (exact) mass is 253 g/mol. The van der Waals surface area contributed by atoms with Crippen molar-refractivity contribution in [2.24, 2.45) is 0 Å². The summed E-state index contributed by atoms with van der Waals surface area (Å²) in [5, 5.41) is 8.32. The zero-order valence-corrected chi connectivity index (χ0v) is 9.72. The first-order valence-corrected chi connectivity index (χ1v) is 5.77. The van der Waals surface area contributed by atoms with Gasteiger partial charge in [0.1, 0.15) is 11.4 Å². The van der Waals surface area contributed by atoms with Gasteiger partial charge in [-0.25, -0.2) is 9.37 Å². The number of furan rings is 1. The minimum Gasteiger partial charge on any atom is -0.464 e. The lowest BCUT2D eigenvalue weighted by atomic mass is 10.0. The number of H-pyrrole nitrogens is 1. The number of hydrogen-bond donors (Lipinski definition) is 1. The van der Waals surface area contributed by atoms with Gasteiger partial charge in [0.25, 0.3) is 0 Å². The fraction of sp³-hybridized carbons (Fsp3) is 0. The third kappa shape index (κ3) is 1.52. The Hall–Kier alpha value is -2.69. The van der Waals surface area contributed by atoms with Gasteiger partial charge < -0.3 is 4.42 Å². The lowest BCUT2D eigenvalue weighted by Crippen LogP contribution is -1.84. The molecule has 19 heavy (non-hydrogen) atoms. The van der Waals surface area contributed by atoms with E-state index >= 15 is 0 Å². The van der Waals surface area contributed by atoms with Crippen LogP contribution in [0.4, 0.5) is 4.39 Å². The van der Waals surface area contributed by atoms with Crippen molar-refractivity contribution in [1.82, 2.24) is 15.2 Å². The zero-order chi connectivity index (χ0) is 12.8. The highest BCUT2D eigenvalue weighted by Gasteiger charge is 2.11. The molecule has 1 N–H and O–H groups in total. The predicted octanol–water partition coefficient (Wildman–Crippen LogP) is 3.51. The number of hydrogen-bond acceptors (Lipinski definition) is 3. The molecule has 0 unspecified atom stereocenters. The Morgan fingerprint density at radius 3 is 3.00 bits per heavy atom. The quantitative estimate of drug-likeness (QED) is 0.564. The molecule has 3 heterocycles. The van der Waals surface area contributed by atoms with E-state index in [1.807, 2.05) is 6.07 Å². The number of halogens is 1. The molecule has 0 radical (unpaired) electrons. The second kappa shape index (κ2) is 3.65. The highest BCUT2D eigenvalue weighted by atomic mass is 19.1. The van der Waals surface area contributed by atoms with Crippen LogP contribution in [-0.4, -0.2) is 15.2 Å². The van der Waals surface area contributed by atoms with Gasteiger partial charge in [0.05, 0.1) is 12.5 Å². The lowest BCUT2D eigenvalue weighted by molar-refractivity contribution is 0.611. The van der Waals surface area contributed by atoms with Gasteiger partial charge in [-0.15, -0.1) is 0 Å². The van der Waals surface area contributed by atoms with Crippen LogP contribution in [-0.2, 0) is 0 Å². The fourth-order valence-electron chi connectivity index (χ4n) is 2.24. The van der Waals surface area contributed by atoms with Crippen LogP contribution in [0.1, 0.15) is 0 Å². The van der Waals surface area contributed by atoms with Crippen molar-refractivity contribution in [2.45, 2.75) is 0 Å². The SMILES string of the molecule is Fc1cc(-c2cnc3[nH]ncc3c2)c2occc2c1. The first-order chi connectivity index (χ1) is 9.31. The van der Waals surface area contributed by atoms with Crippen molar-refractivity contribution in [3.63, 3.8) is 0 Å². The second-order valence-corrected chi connectivity index (χ2v) is 4.32. The molecule has 0 aliphatic rings. The Labute approximate surface area is 106 Å². The highest BCUT2D eigenvalue weighted by Crippen LogP contribution is 2.31. The van der Waals surface area contributed by atoms with Crippen LogP contribution in [0, 0.1) is 5.82 Å². The summed E-state index contributed by atoms with van der Waals surface area (Å²) < 4.78 is 19.1. The van der Waals surface area contributed by atoms with Gasteiger partial charge in [-0.2, -0.15) is 5.10 Å². The average molecular weight is 253 g/mol. The third-order valence-electron chi connectivity index (χ3n) is 3.12. The molecule has 0 spiro atoms. The average Bonchev–Trinajstić information content (AvgIpc) is 3.04. The van der Waals surface area contributed by atoms with Crippen molar-refractivity contribution in [2.75, 3.05) is 0 Å². The zero-order valence-electron chi connectivity index (χ0n) is 9.72. The van der Waals surface area contributed by atoms with Crippen molar-refractivity contribution >= 4 is 22.0 Å². The Balaban J connectivity index is 2.04. The fourth-order valence-corrected chi connectivity index (χ4v) is 2.24. The molecule has 0 amide bonds. The number of aromatic nitrogens is 3. The van der Waals surface area contributed by atoms with Crippen LogP contribution in [0.25, 0.3) is 33.1 Å². The van der Waals surface area contributed by atoms with Crippen molar-refractivity contribution < 1.29 is 8.81 Å². The van der Waals surface area contributed by atoms with E-state index in [0.29, 0.717) is 16.8 Å². The van der Waals surface area contributed by atoms with E-state index in [0.717, 1.165) is 16.3 Å². The Kier molecular flexibility index (Phi) is 1.97. The molecule has 92 valence electrons. The van der Waals surface area contributed by atoms with Crippen molar-refractivity contribution in [3.8, 4) is 11.1 Å². The summed E-state index contributed by atoms with van der Waals surface area (Å²) in [6.07, 6.45) is 4.92. The van der Waals surface area contributed by atoms with E-state index < -0.39 is 0 Å². The second-order valence-electron chi connectivity index (χ2n) is 4.32. The molecular weight excluding hydrogens is 245 g/mol. The standard InChI is InChI=1S/C14H8FN3O/c15-11-4-8-1-2-19-13(8)12(5-11)9-3-10-7-17-18-14(10)16-6-9/h1-7H,(H,16,17,18). The summed E-state index contributed by atoms with van der Waals surface area (Å²) >= 11 is 0. The Morgan fingerprint density at radius 1 is 1.11 bits per heavy atom. The van der Waals surface area contributed by atoms with Gasteiger partial charge in [-0.05, 0) is 24.3 Å². The van der Waals surface area contributed by atoms with E-state index in [1.165, 1.54) is 12.1 Å². The summed E-state index contributed by atoms with van der Waals surface area (Å²) in [5.74, 6) is -0.295. The molecule has 5 heteroatoms. The van der Waals surface area contributed by atoms with Gasteiger partial charge in [0.2, 0.25) is 0 Å². The van der Waals surface area contributed by atoms with E-state index in [9.17, 15) is 4.39 Å². The molecular formula is C14H8FN3O. The molecule has 3 aromatic heterocycles. The molecule has 1 aromatic carbocycles. The van der Waals surface area contributed by atoms with Crippen LogP contribution in [0.15, 0.2) is 47.3 Å². The van der Waals surface area contributed by atoms with Crippen LogP contribution in [0.3, 0.4) is 0 Å². The summed E-state index contributed by atoms with van der Waals surface area (Å²) in [7, 11) is 0. The maximum absolute atomic E-state index is 13.6. The van der Waals surface area contributed by atoms with E-state index in [1.54, 1.807) is 24.7 Å². The largest absolute Gasteiger partial charge is 0.464 e. The maximum Gasteiger partial charge on any atom is 0.155 e. The Morgan fingerprint density at radius 2 is 2.05 bits per heavy atom. The Bertz CT molecular complexity index is 894. The number of fused-ring (bicyclic) bond motifs is 2. The number of nitrogens with zero attached hydrogens (tertiary/aromatic N) is 2. The number of pyridine rings is 1. The topological polar surface area (TPSA) is 54.7 Å². The van der Waals surface area contributed by atoms with E-state index in [-0.39, 0.29) is 5.82 Å². The first kappa shape index (κ1) is 10.3. The number of aromatic amines is 1. The molecule has 4 nitrogen and oxygen atoms in total. The molecule has 0 fully saturated rings. The number of nitrogens with one attached hydrogen (secondary N) is 1. The summed E-state index contributed by atoms with van der Waals surface area (Å²) in [4.78, 5) is 4.26. The summed E-state index contributed by atoms with van der Waals surface area (Å²) in [6, 6.07) is 6.55. The molecule has 4 rings (SSSR count). The number of rotatable bonds is 1. The first-order valence-electron chi connectivity index (χ1n) is 5.77.